The zero-order valence-electron chi connectivity index (χ0n) is 10.4. The van der Waals surface area contributed by atoms with Crippen molar-refractivity contribution in [2.45, 2.75) is 39.2 Å². The fourth-order valence-corrected chi connectivity index (χ4v) is 2.51. The zero-order valence-corrected chi connectivity index (χ0v) is 10.4. The monoisotopic (exact) mass is 226 g/mol. The van der Waals surface area contributed by atoms with E-state index < -0.39 is 5.60 Å². The Kier molecular flexibility index (Phi) is 2.86. The Bertz CT molecular complexity index is 285. The molecule has 0 aromatic rings. The van der Waals surface area contributed by atoms with Crippen LogP contribution in [0.2, 0.25) is 0 Å². The molecule has 0 aromatic heterocycles. The van der Waals surface area contributed by atoms with Gasteiger partial charge in [0.15, 0.2) is 0 Å². The van der Waals surface area contributed by atoms with Crippen molar-refractivity contribution in [3.05, 3.63) is 0 Å². The number of fused-ring (bicyclic) bond motifs is 1. The molecular formula is C12H22N2O2. The summed E-state index contributed by atoms with van der Waals surface area (Å²) in [5.41, 5.74) is -0.0268. The van der Waals surface area contributed by atoms with E-state index in [1.54, 1.807) is 0 Å². The standard InChI is InChI=1S/C12H22N2O2/c1-11(2,3)16-10(15)14-8-12-4-5-13-7-9(12)6-12/h9,13H,4-8H2,1-3H3,(H,14,15). The van der Waals surface area contributed by atoms with Crippen molar-refractivity contribution in [3.8, 4) is 0 Å². The Morgan fingerprint density at radius 2 is 2.31 bits per heavy atom. The van der Waals surface area contributed by atoms with Gasteiger partial charge < -0.3 is 15.4 Å². The second-order valence-corrected chi connectivity index (χ2v) is 6.07. The average Bonchev–Trinajstić information content (AvgIpc) is 2.87. The van der Waals surface area contributed by atoms with E-state index >= 15 is 0 Å². The molecule has 1 heterocycles. The highest BCUT2D eigenvalue weighted by molar-refractivity contribution is 5.67. The molecule has 2 N–H and O–H groups in total. The Hall–Kier alpha value is -0.770. The first-order valence-corrected chi connectivity index (χ1v) is 6.09. The third kappa shape index (κ3) is 2.67. The third-order valence-corrected chi connectivity index (χ3v) is 3.53. The highest BCUT2D eigenvalue weighted by Crippen LogP contribution is 2.55. The van der Waals surface area contributed by atoms with E-state index in [0.717, 1.165) is 25.6 Å². The number of carbonyl (C=O) groups excluding carboxylic acids is 1. The van der Waals surface area contributed by atoms with E-state index in [0.29, 0.717) is 5.41 Å². The predicted octanol–water partition coefficient (Wildman–Crippen LogP) is 1.51. The number of alkyl carbamates (subject to hydrolysis) is 1. The highest BCUT2D eigenvalue weighted by atomic mass is 16.6. The lowest BCUT2D eigenvalue weighted by molar-refractivity contribution is 0.0511. The normalized spacial score (nSPS) is 32.8. The molecule has 1 amide bonds. The number of ether oxygens (including phenoxy) is 1. The van der Waals surface area contributed by atoms with Crippen molar-refractivity contribution in [1.82, 2.24) is 10.6 Å². The van der Waals surface area contributed by atoms with Crippen molar-refractivity contribution in [1.29, 1.82) is 0 Å². The van der Waals surface area contributed by atoms with Gasteiger partial charge in [-0.1, -0.05) is 0 Å². The minimum absolute atomic E-state index is 0.286. The van der Waals surface area contributed by atoms with Crippen LogP contribution < -0.4 is 10.6 Å². The molecule has 0 aromatic carbocycles. The average molecular weight is 226 g/mol. The molecule has 2 atom stereocenters. The predicted molar refractivity (Wildman–Crippen MR) is 62.3 cm³/mol. The Balaban J connectivity index is 1.74. The van der Waals surface area contributed by atoms with Crippen LogP contribution in [0.3, 0.4) is 0 Å². The van der Waals surface area contributed by atoms with Crippen molar-refractivity contribution >= 4 is 6.09 Å². The first-order chi connectivity index (χ1) is 7.41. The van der Waals surface area contributed by atoms with E-state index in [1.165, 1.54) is 12.8 Å². The molecular weight excluding hydrogens is 204 g/mol. The van der Waals surface area contributed by atoms with Gasteiger partial charge in [0.2, 0.25) is 0 Å². The van der Waals surface area contributed by atoms with Gasteiger partial charge in [-0.25, -0.2) is 4.79 Å². The van der Waals surface area contributed by atoms with Crippen molar-refractivity contribution in [2.75, 3.05) is 19.6 Å². The van der Waals surface area contributed by atoms with Gasteiger partial charge >= 0.3 is 6.09 Å². The summed E-state index contributed by atoms with van der Waals surface area (Å²) >= 11 is 0. The number of hydrogen-bond donors (Lipinski definition) is 2. The summed E-state index contributed by atoms with van der Waals surface area (Å²) in [7, 11) is 0. The molecule has 4 heteroatoms. The number of rotatable bonds is 2. The molecule has 4 nitrogen and oxygen atoms in total. The lowest BCUT2D eigenvalue weighted by Crippen LogP contribution is -2.39. The molecule has 0 spiro atoms. The highest BCUT2D eigenvalue weighted by Gasteiger charge is 2.54. The topological polar surface area (TPSA) is 50.4 Å². The number of carbonyl (C=O) groups is 1. The Morgan fingerprint density at radius 1 is 1.56 bits per heavy atom. The summed E-state index contributed by atoms with van der Waals surface area (Å²) in [5, 5.41) is 6.29. The number of piperidine rings is 1. The van der Waals surface area contributed by atoms with Crippen LogP contribution in [0.5, 0.6) is 0 Å². The van der Waals surface area contributed by atoms with Gasteiger partial charge in [0.05, 0.1) is 0 Å². The van der Waals surface area contributed by atoms with Gasteiger partial charge in [-0.05, 0) is 58.0 Å². The smallest absolute Gasteiger partial charge is 0.407 e. The van der Waals surface area contributed by atoms with Crippen molar-refractivity contribution in [3.63, 3.8) is 0 Å². The summed E-state index contributed by atoms with van der Waals surface area (Å²) in [5.74, 6) is 0.760. The van der Waals surface area contributed by atoms with E-state index in [1.807, 2.05) is 20.8 Å². The Morgan fingerprint density at radius 3 is 2.94 bits per heavy atom. The van der Waals surface area contributed by atoms with Crippen LogP contribution in [-0.2, 0) is 4.74 Å². The Labute approximate surface area is 97.1 Å². The number of amides is 1. The van der Waals surface area contributed by atoms with E-state index in [-0.39, 0.29) is 6.09 Å². The number of hydrogen-bond acceptors (Lipinski definition) is 3. The molecule has 2 rings (SSSR count). The van der Waals surface area contributed by atoms with Gasteiger partial charge in [-0.15, -0.1) is 0 Å². The maximum atomic E-state index is 11.5. The van der Waals surface area contributed by atoms with Crippen LogP contribution in [0.15, 0.2) is 0 Å². The summed E-state index contributed by atoms with van der Waals surface area (Å²) in [6.07, 6.45) is 2.13. The molecule has 2 aliphatic rings. The molecule has 1 saturated heterocycles. The largest absolute Gasteiger partial charge is 0.444 e. The van der Waals surface area contributed by atoms with Gasteiger partial charge in [-0.3, -0.25) is 0 Å². The van der Waals surface area contributed by atoms with Gasteiger partial charge in [0.1, 0.15) is 5.60 Å². The van der Waals surface area contributed by atoms with Gasteiger partial charge in [0.25, 0.3) is 0 Å². The molecule has 0 bridgehead atoms. The van der Waals surface area contributed by atoms with E-state index in [4.69, 9.17) is 4.74 Å². The lowest BCUT2D eigenvalue weighted by Gasteiger charge is -2.24. The third-order valence-electron chi connectivity index (χ3n) is 3.53. The molecule has 2 unspecified atom stereocenters. The maximum Gasteiger partial charge on any atom is 0.407 e. The van der Waals surface area contributed by atoms with Gasteiger partial charge in [0, 0.05) is 6.54 Å². The first kappa shape index (κ1) is 11.7. The molecule has 2 fully saturated rings. The molecule has 92 valence electrons. The summed E-state index contributed by atoms with van der Waals surface area (Å²) in [6.45, 7) is 8.61. The van der Waals surface area contributed by atoms with Crippen LogP contribution in [-0.4, -0.2) is 31.3 Å². The van der Waals surface area contributed by atoms with Crippen molar-refractivity contribution < 1.29 is 9.53 Å². The summed E-state index contributed by atoms with van der Waals surface area (Å²) in [4.78, 5) is 11.5. The fraction of sp³-hybridized carbons (Fsp3) is 0.917. The zero-order chi connectivity index (χ0) is 11.8. The quantitative estimate of drug-likeness (QED) is 0.750. The molecule has 1 aliphatic carbocycles. The van der Waals surface area contributed by atoms with Crippen LogP contribution in [0, 0.1) is 11.3 Å². The number of nitrogens with one attached hydrogen (secondary N) is 2. The van der Waals surface area contributed by atoms with Crippen LogP contribution in [0.4, 0.5) is 4.79 Å². The SMILES string of the molecule is CC(C)(C)OC(=O)NCC12CCNCC1C2. The van der Waals surface area contributed by atoms with Gasteiger partial charge in [-0.2, -0.15) is 0 Å². The summed E-state index contributed by atoms with van der Waals surface area (Å²) in [6, 6.07) is 0. The van der Waals surface area contributed by atoms with Crippen LogP contribution >= 0.6 is 0 Å². The van der Waals surface area contributed by atoms with E-state index in [2.05, 4.69) is 10.6 Å². The van der Waals surface area contributed by atoms with Crippen molar-refractivity contribution in [2.24, 2.45) is 11.3 Å². The second kappa shape index (κ2) is 3.91. The molecule has 0 radical (unpaired) electrons. The molecule has 1 aliphatic heterocycles. The lowest BCUT2D eigenvalue weighted by atomic mass is 9.96. The molecule has 1 saturated carbocycles. The van der Waals surface area contributed by atoms with Crippen LogP contribution in [0.1, 0.15) is 33.6 Å². The second-order valence-electron chi connectivity index (χ2n) is 6.07. The minimum Gasteiger partial charge on any atom is -0.444 e. The molecule has 16 heavy (non-hydrogen) atoms. The summed E-state index contributed by atoms with van der Waals surface area (Å²) < 4.78 is 5.23. The first-order valence-electron chi connectivity index (χ1n) is 6.09. The minimum atomic E-state index is -0.404. The maximum absolute atomic E-state index is 11.5. The van der Waals surface area contributed by atoms with Crippen LogP contribution in [0.25, 0.3) is 0 Å². The van der Waals surface area contributed by atoms with E-state index in [9.17, 15) is 4.79 Å². The fourth-order valence-electron chi connectivity index (χ4n) is 2.51.